The third-order valence-electron chi connectivity index (χ3n) is 1.37. The fourth-order valence-corrected chi connectivity index (χ4v) is 0.906. The molecule has 0 aromatic carbocycles. The van der Waals surface area contributed by atoms with Gasteiger partial charge in [-0.2, -0.15) is 0 Å². The molecule has 0 spiro atoms. The Labute approximate surface area is 73.5 Å². The second kappa shape index (κ2) is 10.2. The molecule has 11 heavy (non-hydrogen) atoms. The zero-order chi connectivity index (χ0) is 8.36. The van der Waals surface area contributed by atoms with Crippen LogP contribution in [-0.2, 0) is 4.74 Å². The van der Waals surface area contributed by atoms with Gasteiger partial charge in [0.05, 0.1) is 0 Å². The van der Waals surface area contributed by atoms with E-state index in [1.165, 1.54) is 0 Å². The summed E-state index contributed by atoms with van der Waals surface area (Å²) in [5, 5.41) is 8.43. The molecule has 0 aromatic rings. The van der Waals surface area contributed by atoms with Crippen LogP contribution in [-0.4, -0.2) is 30.8 Å². The van der Waals surface area contributed by atoms with Crippen LogP contribution in [0.2, 0.25) is 0 Å². The largest absolute Gasteiger partial charge is 0.396 e. The number of hydrogen-bond donors (Lipinski definition) is 1. The van der Waals surface area contributed by atoms with Gasteiger partial charge in [-0.25, -0.2) is 0 Å². The van der Waals surface area contributed by atoms with Crippen LogP contribution in [0.3, 0.4) is 0 Å². The first kappa shape index (κ1) is 11.2. The molecule has 0 unspecified atom stereocenters. The zero-order valence-corrected chi connectivity index (χ0v) is 7.65. The van der Waals surface area contributed by atoms with Crippen molar-refractivity contribution in [1.82, 2.24) is 0 Å². The van der Waals surface area contributed by atoms with Gasteiger partial charge >= 0.3 is 0 Å². The van der Waals surface area contributed by atoms with Crippen molar-refractivity contribution >= 4 is 11.6 Å². The molecule has 0 heterocycles. The van der Waals surface area contributed by atoms with Crippen molar-refractivity contribution in [3.63, 3.8) is 0 Å². The monoisotopic (exact) mass is 180 g/mol. The summed E-state index contributed by atoms with van der Waals surface area (Å²) in [5.74, 6) is 0.722. The molecule has 0 amide bonds. The van der Waals surface area contributed by atoms with Crippen molar-refractivity contribution in [1.29, 1.82) is 0 Å². The molecule has 0 saturated heterocycles. The Balaban J connectivity index is 2.69. The molecule has 0 aliphatic rings. The number of rotatable bonds is 8. The number of hydrogen-bond acceptors (Lipinski definition) is 2. The number of halogens is 1. The van der Waals surface area contributed by atoms with Crippen LogP contribution < -0.4 is 0 Å². The molecule has 68 valence electrons. The predicted molar refractivity (Wildman–Crippen MR) is 47.1 cm³/mol. The van der Waals surface area contributed by atoms with Gasteiger partial charge in [0.25, 0.3) is 0 Å². The Morgan fingerprint density at radius 2 is 1.64 bits per heavy atom. The second-order valence-corrected chi connectivity index (χ2v) is 2.82. The molecule has 0 aliphatic heterocycles. The first-order valence-corrected chi connectivity index (χ1v) is 4.70. The lowest BCUT2D eigenvalue weighted by Gasteiger charge is -2.01. The first-order valence-electron chi connectivity index (χ1n) is 4.16. The normalized spacial score (nSPS) is 10.4. The molecule has 0 aromatic heterocycles. The Bertz CT molecular complexity index is 61.1. The standard InChI is InChI=1S/C8H17ClO2/c9-5-1-3-7-11-8-4-2-6-10/h10H,1-8H2. The van der Waals surface area contributed by atoms with Crippen molar-refractivity contribution in [2.75, 3.05) is 25.7 Å². The molecular formula is C8H17ClO2. The third kappa shape index (κ3) is 10.2. The zero-order valence-electron chi connectivity index (χ0n) is 6.89. The second-order valence-electron chi connectivity index (χ2n) is 2.44. The van der Waals surface area contributed by atoms with Gasteiger partial charge in [0, 0.05) is 25.7 Å². The van der Waals surface area contributed by atoms with Gasteiger partial charge in [-0.1, -0.05) is 0 Å². The fraction of sp³-hybridized carbons (Fsp3) is 1.00. The summed E-state index contributed by atoms with van der Waals surface area (Å²) < 4.78 is 5.27. The molecule has 0 rings (SSSR count). The Morgan fingerprint density at radius 3 is 2.18 bits per heavy atom. The SMILES string of the molecule is OCCCCOCCCCCl. The van der Waals surface area contributed by atoms with Crippen LogP contribution in [0.15, 0.2) is 0 Å². The lowest BCUT2D eigenvalue weighted by Crippen LogP contribution is -1.98. The summed E-state index contributed by atoms with van der Waals surface area (Å²) in [4.78, 5) is 0. The average Bonchev–Trinajstić information content (AvgIpc) is 2.03. The van der Waals surface area contributed by atoms with E-state index in [2.05, 4.69) is 0 Å². The average molecular weight is 181 g/mol. The summed E-state index contributed by atoms with van der Waals surface area (Å²) in [6.45, 7) is 1.84. The highest BCUT2D eigenvalue weighted by atomic mass is 35.5. The Kier molecular flexibility index (Phi) is 10.4. The number of unbranched alkanes of at least 4 members (excludes halogenated alkanes) is 2. The number of aliphatic hydroxyl groups excluding tert-OH is 1. The van der Waals surface area contributed by atoms with Crippen molar-refractivity contribution in [2.45, 2.75) is 25.7 Å². The molecule has 0 aliphatic carbocycles. The number of alkyl halides is 1. The summed E-state index contributed by atoms with van der Waals surface area (Å²) in [7, 11) is 0. The Morgan fingerprint density at radius 1 is 1.00 bits per heavy atom. The van der Waals surface area contributed by atoms with Crippen LogP contribution in [0.1, 0.15) is 25.7 Å². The van der Waals surface area contributed by atoms with E-state index < -0.39 is 0 Å². The molecule has 3 heteroatoms. The van der Waals surface area contributed by atoms with Gasteiger partial charge in [0.2, 0.25) is 0 Å². The minimum absolute atomic E-state index is 0.269. The lowest BCUT2D eigenvalue weighted by molar-refractivity contribution is 0.122. The van der Waals surface area contributed by atoms with Crippen LogP contribution in [0, 0.1) is 0 Å². The molecule has 1 N–H and O–H groups in total. The number of aliphatic hydroxyl groups is 1. The van der Waals surface area contributed by atoms with Crippen molar-refractivity contribution in [2.24, 2.45) is 0 Å². The van der Waals surface area contributed by atoms with E-state index in [1.54, 1.807) is 0 Å². The Hall–Kier alpha value is 0.210. The number of ether oxygens (including phenoxy) is 1. The smallest absolute Gasteiger partial charge is 0.0466 e. The summed E-state index contributed by atoms with van der Waals surface area (Å²) in [6.07, 6.45) is 3.87. The first-order chi connectivity index (χ1) is 5.41. The highest BCUT2D eigenvalue weighted by molar-refractivity contribution is 6.17. The topological polar surface area (TPSA) is 29.5 Å². The van der Waals surface area contributed by atoms with E-state index in [0.29, 0.717) is 0 Å². The van der Waals surface area contributed by atoms with Crippen LogP contribution in [0.5, 0.6) is 0 Å². The molecule has 0 fully saturated rings. The van der Waals surface area contributed by atoms with Gasteiger partial charge in [-0.15, -0.1) is 11.6 Å². The molecule has 0 saturated carbocycles. The molecule has 2 nitrogen and oxygen atoms in total. The van der Waals surface area contributed by atoms with Crippen molar-refractivity contribution in [3.05, 3.63) is 0 Å². The quantitative estimate of drug-likeness (QED) is 0.456. The third-order valence-corrected chi connectivity index (χ3v) is 1.64. The molecule has 0 atom stereocenters. The van der Waals surface area contributed by atoms with Crippen molar-refractivity contribution < 1.29 is 9.84 Å². The lowest BCUT2D eigenvalue weighted by atomic mass is 10.3. The van der Waals surface area contributed by atoms with E-state index in [9.17, 15) is 0 Å². The maximum atomic E-state index is 8.43. The van der Waals surface area contributed by atoms with Crippen molar-refractivity contribution in [3.8, 4) is 0 Å². The van der Waals surface area contributed by atoms with Crippen LogP contribution in [0.25, 0.3) is 0 Å². The predicted octanol–water partition coefficient (Wildman–Crippen LogP) is 1.79. The molecule has 0 bridgehead atoms. The van der Waals surface area contributed by atoms with Crippen LogP contribution >= 0.6 is 11.6 Å². The maximum absolute atomic E-state index is 8.43. The van der Waals surface area contributed by atoms with Gasteiger partial charge in [-0.3, -0.25) is 0 Å². The minimum atomic E-state index is 0.269. The minimum Gasteiger partial charge on any atom is -0.396 e. The van der Waals surface area contributed by atoms with E-state index in [4.69, 9.17) is 21.4 Å². The van der Waals surface area contributed by atoms with Gasteiger partial charge in [0.15, 0.2) is 0 Å². The summed E-state index contributed by atoms with van der Waals surface area (Å²) in [6, 6.07) is 0. The van der Waals surface area contributed by atoms with Gasteiger partial charge in [0.1, 0.15) is 0 Å². The maximum Gasteiger partial charge on any atom is 0.0466 e. The van der Waals surface area contributed by atoms with E-state index in [0.717, 1.165) is 44.8 Å². The van der Waals surface area contributed by atoms with E-state index in [-0.39, 0.29) is 6.61 Å². The fourth-order valence-electron chi connectivity index (χ4n) is 0.717. The summed E-state index contributed by atoms with van der Waals surface area (Å²) >= 11 is 5.48. The van der Waals surface area contributed by atoms with Crippen LogP contribution in [0.4, 0.5) is 0 Å². The molecule has 0 radical (unpaired) electrons. The molecular weight excluding hydrogens is 164 g/mol. The highest BCUT2D eigenvalue weighted by Crippen LogP contribution is 1.94. The van der Waals surface area contributed by atoms with Gasteiger partial charge in [-0.05, 0) is 25.7 Å². The van der Waals surface area contributed by atoms with Gasteiger partial charge < -0.3 is 9.84 Å². The highest BCUT2D eigenvalue weighted by Gasteiger charge is 1.88. The van der Waals surface area contributed by atoms with E-state index in [1.807, 2.05) is 0 Å². The summed E-state index contributed by atoms with van der Waals surface area (Å²) in [5.41, 5.74) is 0. The van der Waals surface area contributed by atoms with E-state index >= 15 is 0 Å².